The zero-order valence-corrected chi connectivity index (χ0v) is 19.8. The molecule has 1 rings (SSSR count). The Morgan fingerprint density at radius 2 is 1.63 bits per heavy atom. The number of rotatable bonds is 11. The average Bonchev–Trinajstić information content (AvgIpc) is 2.63. The quantitative estimate of drug-likeness (QED) is 0.173. The maximum atomic E-state index is 11.7. The van der Waals surface area contributed by atoms with Crippen molar-refractivity contribution in [2.24, 2.45) is 0 Å². The molecule has 166 valence electrons. The summed E-state index contributed by atoms with van der Waals surface area (Å²) in [6.45, 7) is 13.2. The molecule has 0 heterocycles. The molecule has 0 unspecified atom stereocenters. The molecule has 0 fully saturated rings. The van der Waals surface area contributed by atoms with Crippen molar-refractivity contribution < 1.29 is 19.1 Å². The highest BCUT2D eigenvalue weighted by Gasteiger charge is 2.19. The van der Waals surface area contributed by atoms with Gasteiger partial charge in [0.2, 0.25) is 0 Å². The molecule has 0 spiro atoms. The van der Waals surface area contributed by atoms with E-state index >= 15 is 0 Å². The molecule has 0 N–H and O–H groups in total. The number of ether oxygens (including phenoxy) is 2. The van der Waals surface area contributed by atoms with Crippen LogP contribution in [-0.2, 0) is 22.4 Å². The second kappa shape index (κ2) is 13.0. The van der Waals surface area contributed by atoms with E-state index in [9.17, 15) is 9.59 Å². The number of allylic oxidation sites excluding steroid dienone is 4. The number of carbonyl (C=O) groups excluding carboxylic acids is 2. The first kappa shape index (κ1) is 25.7. The maximum absolute atomic E-state index is 11.7. The van der Waals surface area contributed by atoms with Gasteiger partial charge in [-0.1, -0.05) is 43.1 Å². The molecule has 0 amide bonds. The van der Waals surface area contributed by atoms with Gasteiger partial charge in [-0.3, -0.25) is 9.59 Å². The molecule has 4 heteroatoms. The minimum atomic E-state index is -0.348. The standard InChI is InChI=1S/C26H38O4/c1-8-9-10-14-23-17-25(29-21(6)27)24(20(5)26(23)30-22(7)28)16-15-19(4)13-11-12-18(2)3/h12,15,17H,8-11,13-14,16H2,1-7H3/b19-15+. The fourth-order valence-electron chi connectivity index (χ4n) is 3.38. The van der Waals surface area contributed by atoms with Crippen LogP contribution in [0.2, 0.25) is 0 Å². The van der Waals surface area contributed by atoms with Crippen molar-refractivity contribution in [1.29, 1.82) is 0 Å². The maximum Gasteiger partial charge on any atom is 0.308 e. The van der Waals surface area contributed by atoms with Crippen molar-refractivity contribution in [3.8, 4) is 11.5 Å². The molecule has 0 atom stereocenters. The van der Waals surface area contributed by atoms with Gasteiger partial charge in [-0.2, -0.15) is 0 Å². The molecule has 1 aromatic carbocycles. The minimum Gasteiger partial charge on any atom is -0.426 e. The largest absolute Gasteiger partial charge is 0.426 e. The zero-order valence-electron chi connectivity index (χ0n) is 19.8. The van der Waals surface area contributed by atoms with Gasteiger partial charge in [-0.25, -0.2) is 0 Å². The lowest BCUT2D eigenvalue weighted by molar-refractivity contribution is -0.133. The Bertz CT molecular complexity index is 796. The minimum absolute atomic E-state index is 0.338. The van der Waals surface area contributed by atoms with E-state index in [2.05, 4.69) is 39.8 Å². The van der Waals surface area contributed by atoms with Gasteiger partial charge in [0, 0.05) is 19.4 Å². The SMILES string of the molecule is CCCCCc1cc(OC(C)=O)c(C/C=C(\C)CCC=C(C)C)c(C)c1OC(C)=O. The van der Waals surface area contributed by atoms with Crippen molar-refractivity contribution in [1.82, 2.24) is 0 Å². The third-order valence-corrected chi connectivity index (χ3v) is 4.98. The van der Waals surface area contributed by atoms with Gasteiger partial charge in [-0.05, 0) is 77.0 Å². The Kier molecular flexibility index (Phi) is 11.2. The summed E-state index contributed by atoms with van der Waals surface area (Å²) in [7, 11) is 0. The zero-order chi connectivity index (χ0) is 22.7. The molecule has 0 saturated carbocycles. The van der Waals surface area contributed by atoms with E-state index in [-0.39, 0.29) is 11.9 Å². The highest BCUT2D eigenvalue weighted by Crippen LogP contribution is 2.36. The van der Waals surface area contributed by atoms with Gasteiger partial charge >= 0.3 is 11.9 Å². The third kappa shape index (κ3) is 8.98. The number of esters is 2. The number of unbranched alkanes of at least 4 members (excludes halogenated alkanes) is 2. The van der Waals surface area contributed by atoms with Gasteiger partial charge in [0.05, 0.1) is 0 Å². The lowest BCUT2D eigenvalue weighted by atomic mass is 9.95. The molecule has 4 nitrogen and oxygen atoms in total. The van der Waals surface area contributed by atoms with Gasteiger partial charge < -0.3 is 9.47 Å². The fourth-order valence-corrected chi connectivity index (χ4v) is 3.38. The normalized spacial score (nSPS) is 11.2. The average molecular weight is 415 g/mol. The fraction of sp³-hybridized carbons (Fsp3) is 0.538. The van der Waals surface area contributed by atoms with E-state index in [1.54, 1.807) is 0 Å². The van der Waals surface area contributed by atoms with Crippen LogP contribution in [0.4, 0.5) is 0 Å². The first-order chi connectivity index (χ1) is 14.1. The number of carbonyl (C=O) groups is 2. The van der Waals surface area contributed by atoms with Gasteiger partial charge in [0.15, 0.2) is 0 Å². The van der Waals surface area contributed by atoms with E-state index in [1.165, 1.54) is 25.0 Å². The number of hydrogen-bond donors (Lipinski definition) is 0. The molecule has 0 aliphatic carbocycles. The smallest absolute Gasteiger partial charge is 0.308 e. The Balaban J connectivity index is 3.30. The monoisotopic (exact) mass is 414 g/mol. The summed E-state index contributed by atoms with van der Waals surface area (Å²) < 4.78 is 11.2. The van der Waals surface area contributed by atoms with Crippen LogP contribution in [0.3, 0.4) is 0 Å². The molecule has 0 radical (unpaired) electrons. The molecule has 0 aliphatic heterocycles. The number of aryl methyl sites for hydroxylation is 1. The highest BCUT2D eigenvalue weighted by molar-refractivity contribution is 5.73. The van der Waals surface area contributed by atoms with Gasteiger partial charge in [0.25, 0.3) is 0 Å². The first-order valence-electron chi connectivity index (χ1n) is 11.0. The van der Waals surface area contributed by atoms with Crippen molar-refractivity contribution in [2.75, 3.05) is 0 Å². The van der Waals surface area contributed by atoms with Crippen LogP contribution in [0.25, 0.3) is 0 Å². The molecule has 1 aromatic rings. The summed E-state index contributed by atoms with van der Waals surface area (Å²) in [5, 5.41) is 0. The van der Waals surface area contributed by atoms with E-state index in [0.29, 0.717) is 17.9 Å². The lowest BCUT2D eigenvalue weighted by Crippen LogP contribution is -2.11. The Hall–Kier alpha value is -2.36. The predicted molar refractivity (Wildman–Crippen MR) is 123 cm³/mol. The molecule has 0 bridgehead atoms. The topological polar surface area (TPSA) is 52.6 Å². The number of hydrogen-bond acceptors (Lipinski definition) is 4. The summed E-state index contributed by atoms with van der Waals surface area (Å²) in [5.74, 6) is 0.491. The van der Waals surface area contributed by atoms with Gasteiger partial charge in [0.1, 0.15) is 11.5 Å². The molecule has 30 heavy (non-hydrogen) atoms. The highest BCUT2D eigenvalue weighted by atomic mass is 16.5. The Morgan fingerprint density at radius 1 is 0.967 bits per heavy atom. The number of benzene rings is 1. The van der Waals surface area contributed by atoms with Crippen LogP contribution in [0.15, 0.2) is 29.4 Å². The van der Waals surface area contributed by atoms with Gasteiger partial charge in [-0.15, -0.1) is 0 Å². The van der Waals surface area contributed by atoms with Crippen LogP contribution >= 0.6 is 0 Å². The summed E-state index contributed by atoms with van der Waals surface area (Å²) >= 11 is 0. The van der Waals surface area contributed by atoms with Crippen molar-refractivity contribution in [3.63, 3.8) is 0 Å². The van der Waals surface area contributed by atoms with E-state index in [4.69, 9.17) is 9.47 Å². The summed E-state index contributed by atoms with van der Waals surface area (Å²) in [5.41, 5.74) is 5.27. The van der Waals surface area contributed by atoms with Crippen LogP contribution < -0.4 is 9.47 Å². The van der Waals surface area contributed by atoms with E-state index in [1.807, 2.05) is 13.0 Å². The molecule has 0 aliphatic rings. The van der Waals surface area contributed by atoms with Crippen molar-refractivity contribution >= 4 is 11.9 Å². The molecular formula is C26H38O4. The Morgan fingerprint density at radius 3 is 2.20 bits per heavy atom. The first-order valence-corrected chi connectivity index (χ1v) is 11.0. The predicted octanol–water partition coefficient (Wildman–Crippen LogP) is 6.81. The summed E-state index contributed by atoms with van der Waals surface area (Å²) in [4.78, 5) is 23.5. The summed E-state index contributed by atoms with van der Waals surface area (Å²) in [6, 6.07) is 1.88. The van der Waals surface area contributed by atoms with E-state index in [0.717, 1.165) is 55.2 Å². The second-order valence-electron chi connectivity index (χ2n) is 8.19. The lowest BCUT2D eigenvalue weighted by Gasteiger charge is -2.19. The van der Waals surface area contributed by atoms with Crippen molar-refractivity contribution in [2.45, 2.75) is 93.4 Å². The molecular weight excluding hydrogens is 376 g/mol. The molecule has 0 saturated heterocycles. The third-order valence-electron chi connectivity index (χ3n) is 4.98. The van der Waals surface area contributed by atoms with Crippen LogP contribution in [-0.4, -0.2) is 11.9 Å². The Labute approximate surface area is 182 Å². The van der Waals surface area contributed by atoms with Crippen LogP contribution in [0.5, 0.6) is 11.5 Å². The van der Waals surface area contributed by atoms with Crippen LogP contribution in [0.1, 0.15) is 90.3 Å². The van der Waals surface area contributed by atoms with E-state index < -0.39 is 0 Å². The second-order valence-corrected chi connectivity index (χ2v) is 8.19. The van der Waals surface area contributed by atoms with Crippen molar-refractivity contribution in [3.05, 3.63) is 46.1 Å². The molecule has 0 aromatic heterocycles. The summed E-state index contributed by atoms with van der Waals surface area (Å²) in [6.07, 6.45) is 11.0. The van der Waals surface area contributed by atoms with Crippen LogP contribution in [0, 0.1) is 6.92 Å².